The summed E-state index contributed by atoms with van der Waals surface area (Å²) in [6.45, 7) is 4.47. The van der Waals surface area contributed by atoms with E-state index in [0.717, 1.165) is 17.7 Å². The number of anilines is 1. The van der Waals surface area contributed by atoms with Crippen LogP contribution in [-0.2, 0) is 11.2 Å². The molecule has 1 aromatic carbocycles. The van der Waals surface area contributed by atoms with Crippen molar-refractivity contribution < 1.29 is 23.4 Å². The Morgan fingerprint density at radius 3 is 2.74 bits per heavy atom. The molecule has 2 aromatic heterocycles. The number of nitrogens with zero attached hydrogens (tertiary/aromatic N) is 3. The minimum absolute atomic E-state index is 0.0693. The monoisotopic (exact) mass is 483 g/mol. The molecule has 184 valence electrons. The molecule has 3 heterocycles. The second-order valence-electron chi connectivity index (χ2n) is 8.94. The molecule has 10 heteroatoms. The van der Waals surface area contributed by atoms with Gasteiger partial charge in [-0.2, -0.15) is 5.26 Å². The van der Waals surface area contributed by atoms with Crippen molar-refractivity contribution in [3.8, 4) is 17.6 Å². The smallest absolute Gasteiger partial charge is 0.289 e. The number of aromatic nitrogens is 2. The number of rotatable bonds is 8. The van der Waals surface area contributed by atoms with Crippen molar-refractivity contribution in [2.75, 3.05) is 25.1 Å². The van der Waals surface area contributed by atoms with Crippen molar-refractivity contribution in [1.82, 2.24) is 9.97 Å². The van der Waals surface area contributed by atoms with Crippen LogP contribution in [0, 0.1) is 34.3 Å². The third-order valence-electron chi connectivity index (χ3n) is 6.39. The lowest BCUT2D eigenvalue weighted by Crippen LogP contribution is -2.44. The van der Waals surface area contributed by atoms with Crippen LogP contribution in [-0.4, -0.2) is 40.9 Å². The number of nitrogens with one attached hydrogen (secondary N) is 2. The molecule has 0 saturated heterocycles. The van der Waals surface area contributed by atoms with Crippen molar-refractivity contribution in [3.05, 3.63) is 47.8 Å². The maximum Gasteiger partial charge on any atom is 0.289 e. The van der Waals surface area contributed by atoms with Crippen molar-refractivity contribution in [2.45, 2.75) is 33.1 Å². The highest BCUT2D eigenvalue weighted by atomic mass is 19.1. The van der Waals surface area contributed by atoms with Crippen LogP contribution >= 0.6 is 0 Å². The van der Waals surface area contributed by atoms with Gasteiger partial charge < -0.3 is 24.9 Å². The molecule has 0 bridgehead atoms. The van der Waals surface area contributed by atoms with Crippen LogP contribution in [0.1, 0.15) is 32.3 Å². The summed E-state index contributed by atoms with van der Waals surface area (Å²) in [5, 5.41) is 21.9. The molecule has 1 atom stereocenters. The number of fused-ring (bicyclic) bond motifs is 1. The zero-order valence-corrected chi connectivity index (χ0v) is 19.6. The second-order valence-corrected chi connectivity index (χ2v) is 8.94. The van der Waals surface area contributed by atoms with E-state index in [4.69, 9.17) is 14.7 Å². The fourth-order valence-corrected chi connectivity index (χ4v) is 3.93. The van der Waals surface area contributed by atoms with Gasteiger partial charge in [0.05, 0.1) is 24.6 Å². The van der Waals surface area contributed by atoms with E-state index in [0.29, 0.717) is 36.8 Å². The fourth-order valence-electron chi connectivity index (χ4n) is 3.93. The summed E-state index contributed by atoms with van der Waals surface area (Å²) in [6, 6.07) is 5.98. The van der Waals surface area contributed by atoms with Crippen molar-refractivity contribution >= 4 is 22.7 Å². The quantitative estimate of drug-likeness (QED) is 0.392. The lowest BCUT2D eigenvalue weighted by Gasteiger charge is -2.37. The van der Waals surface area contributed by atoms with Gasteiger partial charge in [0, 0.05) is 42.0 Å². The van der Waals surface area contributed by atoms with E-state index >= 15 is 0 Å². The lowest BCUT2D eigenvalue weighted by atomic mass is 9.78. The van der Waals surface area contributed by atoms with Gasteiger partial charge in [0.1, 0.15) is 18.0 Å². The predicted molar refractivity (Wildman–Crippen MR) is 127 cm³/mol. The molecular weight excluding hydrogens is 456 g/mol. The summed E-state index contributed by atoms with van der Waals surface area (Å²) in [5.74, 6) is -1.94. The SMILES string of the molecule is CC(C)[C@]1(CO)CN=C(Nc2cc(F)c(Oc3ccnc4[nH]cc(CCCC#N)c34)c(F)c2)OC1. The molecule has 0 fully saturated rings. The minimum atomic E-state index is -0.901. The molecule has 0 amide bonds. The molecule has 1 aliphatic rings. The average molecular weight is 484 g/mol. The summed E-state index contributed by atoms with van der Waals surface area (Å²) in [5.41, 5.74) is 1.01. The number of pyridine rings is 1. The van der Waals surface area contributed by atoms with E-state index < -0.39 is 22.8 Å². The van der Waals surface area contributed by atoms with Crippen LogP contribution in [0.3, 0.4) is 0 Å². The van der Waals surface area contributed by atoms with E-state index in [1.807, 2.05) is 13.8 Å². The van der Waals surface area contributed by atoms with Crippen LogP contribution in [0.2, 0.25) is 0 Å². The number of amidine groups is 1. The molecule has 0 unspecified atom stereocenters. The molecule has 8 nitrogen and oxygen atoms in total. The zero-order valence-electron chi connectivity index (χ0n) is 19.6. The van der Waals surface area contributed by atoms with E-state index in [2.05, 4.69) is 26.3 Å². The van der Waals surface area contributed by atoms with Gasteiger partial charge in [-0.3, -0.25) is 0 Å². The van der Waals surface area contributed by atoms with Gasteiger partial charge in [0.15, 0.2) is 17.4 Å². The standard InChI is InChI=1S/C25H27F2N5O3/c1-15(2)25(13-33)12-31-24(34-14-25)32-17-9-18(26)22(19(27)10-17)35-20-6-8-29-23-21(20)16(11-30-23)5-3-4-7-28/h6,8-11,15,33H,3-5,12-14H2,1-2H3,(H,29,30)(H,31,32)/t25-/m0/s1. The van der Waals surface area contributed by atoms with Crippen LogP contribution in [0.25, 0.3) is 11.0 Å². The third-order valence-corrected chi connectivity index (χ3v) is 6.39. The molecule has 3 aromatic rings. The second kappa shape index (κ2) is 10.3. The maximum atomic E-state index is 14.9. The van der Waals surface area contributed by atoms with E-state index in [1.54, 1.807) is 12.3 Å². The Bertz CT molecular complexity index is 1260. The molecule has 1 aliphatic heterocycles. The van der Waals surface area contributed by atoms with Gasteiger partial charge >= 0.3 is 0 Å². The van der Waals surface area contributed by atoms with E-state index in [9.17, 15) is 13.9 Å². The Kier molecular flexibility index (Phi) is 7.17. The Hall–Kier alpha value is -3.71. The molecular formula is C25H27F2N5O3. The number of aryl methyl sites for hydroxylation is 1. The molecule has 0 spiro atoms. The summed E-state index contributed by atoms with van der Waals surface area (Å²) in [6.07, 6.45) is 4.88. The number of hydrogen-bond acceptors (Lipinski definition) is 7. The lowest BCUT2D eigenvalue weighted by molar-refractivity contribution is 0.0180. The number of ether oxygens (including phenoxy) is 2. The fraction of sp³-hybridized carbons (Fsp3) is 0.400. The Morgan fingerprint density at radius 1 is 1.34 bits per heavy atom. The number of aliphatic imine (C=N–C) groups is 1. The third kappa shape index (κ3) is 5.05. The number of aliphatic hydroxyl groups excluding tert-OH is 1. The summed E-state index contributed by atoms with van der Waals surface area (Å²) in [7, 11) is 0. The van der Waals surface area contributed by atoms with Gasteiger partial charge in [-0.05, 0) is 30.4 Å². The topological polar surface area (TPSA) is 116 Å². The number of nitriles is 1. The van der Waals surface area contributed by atoms with Gasteiger partial charge in [-0.25, -0.2) is 18.8 Å². The first kappa shape index (κ1) is 24.4. The number of H-pyrrole nitrogens is 1. The number of halogens is 2. The number of unbranched alkanes of at least 4 members (excludes halogenated alkanes) is 1. The van der Waals surface area contributed by atoms with Crippen molar-refractivity contribution in [2.24, 2.45) is 16.3 Å². The van der Waals surface area contributed by atoms with Crippen LogP contribution in [0.5, 0.6) is 11.5 Å². The Morgan fingerprint density at radius 2 is 2.11 bits per heavy atom. The van der Waals surface area contributed by atoms with Gasteiger partial charge in [0.2, 0.25) is 0 Å². The molecule has 0 saturated carbocycles. The van der Waals surface area contributed by atoms with E-state index in [1.165, 1.54) is 6.20 Å². The Labute approximate surface area is 201 Å². The molecule has 3 N–H and O–H groups in total. The summed E-state index contributed by atoms with van der Waals surface area (Å²) >= 11 is 0. The largest absolute Gasteiger partial charge is 0.464 e. The first-order valence-corrected chi connectivity index (χ1v) is 11.4. The van der Waals surface area contributed by atoms with Crippen molar-refractivity contribution in [1.29, 1.82) is 5.26 Å². The highest BCUT2D eigenvalue weighted by molar-refractivity contribution is 5.89. The summed E-state index contributed by atoms with van der Waals surface area (Å²) < 4.78 is 41.2. The van der Waals surface area contributed by atoms with Crippen molar-refractivity contribution in [3.63, 3.8) is 0 Å². The van der Waals surface area contributed by atoms with E-state index in [-0.39, 0.29) is 36.6 Å². The molecule has 0 aliphatic carbocycles. The van der Waals surface area contributed by atoms with Crippen LogP contribution < -0.4 is 10.1 Å². The van der Waals surface area contributed by atoms with Crippen LogP contribution in [0.15, 0.2) is 35.6 Å². The number of benzene rings is 1. The average Bonchev–Trinajstić information content (AvgIpc) is 3.26. The highest BCUT2D eigenvalue weighted by Gasteiger charge is 2.37. The summed E-state index contributed by atoms with van der Waals surface area (Å²) in [4.78, 5) is 11.6. The van der Waals surface area contributed by atoms with Gasteiger partial charge in [-0.15, -0.1) is 0 Å². The van der Waals surface area contributed by atoms with Gasteiger partial charge in [-0.1, -0.05) is 13.8 Å². The minimum Gasteiger partial charge on any atom is -0.464 e. The van der Waals surface area contributed by atoms with Gasteiger partial charge in [0.25, 0.3) is 6.02 Å². The number of hydrogen-bond donors (Lipinski definition) is 3. The Balaban J connectivity index is 1.54. The molecule has 4 rings (SSSR count). The normalized spacial score (nSPS) is 17.7. The highest BCUT2D eigenvalue weighted by Crippen LogP contribution is 2.36. The predicted octanol–water partition coefficient (Wildman–Crippen LogP) is 4.91. The zero-order chi connectivity index (χ0) is 25.0. The first-order chi connectivity index (χ1) is 16.9. The van der Waals surface area contributed by atoms with Crippen LogP contribution in [0.4, 0.5) is 14.5 Å². The number of aromatic amines is 1. The molecule has 0 radical (unpaired) electrons. The number of aliphatic hydroxyl groups is 1. The first-order valence-electron chi connectivity index (χ1n) is 11.4. The molecule has 35 heavy (non-hydrogen) atoms. The maximum absolute atomic E-state index is 14.9.